The summed E-state index contributed by atoms with van der Waals surface area (Å²) in [5.74, 6) is 3.15. The van der Waals surface area contributed by atoms with Gasteiger partial charge in [0.15, 0.2) is 5.76 Å². The molecule has 39 heavy (non-hydrogen) atoms. The average Bonchev–Trinajstić information content (AvgIpc) is 3.42. The minimum absolute atomic E-state index is 0.282. The van der Waals surface area contributed by atoms with E-state index in [0.29, 0.717) is 28.5 Å². The highest BCUT2D eigenvalue weighted by Crippen LogP contribution is 2.29. The molecule has 5 aromatic rings. The van der Waals surface area contributed by atoms with Crippen LogP contribution < -0.4 is 10.1 Å². The fourth-order valence-electron chi connectivity index (χ4n) is 4.44. The Morgan fingerprint density at radius 3 is 2.67 bits per heavy atom. The molecule has 0 saturated carbocycles. The second kappa shape index (κ2) is 11.3. The van der Waals surface area contributed by atoms with Crippen LogP contribution in [0.25, 0.3) is 22.4 Å². The van der Waals surface area contributed by atoms with Crippen molar-refractivity contribution in [3.8, 4) is 17.2 Å². The van der Waals surface area contributed by atoms with E-state index in [0.717, 1.165) is 53.3 Å². The molecule has 0 amide bonds. The Labute approximate surface area is 227 Å². The van der Waals surface area contributed by atoms with E-state index in [9.17, 15) is 8.60 Å². The van der Waals surface area contributed by atoms with Gasteiger partial charge in [0.1, 0.15) is 36.0 Å². The Morgan fingerprint density at radius 2 is 1.85 bits per heavy atom. The molecule has 10 heteroatoms. The highest BCUT2D eigenvalue weighted by atomic mass is 32.2. The number of ether oxygens (including phenoxy) is 1. The highest BCUT2D eigenvalue weighted by Gasteiger charge is 2.17. The molecule has 1 saturated heterocycles. The van der Waals surface area contributed by atoms with E-state index in [1.54, 1.807) is 18.5 Å². The van der Waals surface area contributed by atoms with Crippen molar-refractivity contribution in [2.45, 2.75) is 13.2 Å². The third-order valence-corrected chi connectivity index (χ3v) is 7.79. The van der Waals surface area contributed by atoms with Crippen LogP contribution in [-0.4, -0.2) is 48.7 Å². The summed E-state index contributed by atoms with van der Waals surface area (Å²) in [7, 11) is -0.695. The quantitative estimate of drug-likeness (QED) is 0.282. The first-order chi connectivity index (χ1) is 19.1. The third kappa shape index (κ3) is 6.13. The lowest BCUT2D eigenvalue weighted by molar-refractivity contribution is 0.290. The van der Waals surface area contributed by atoms with Crippen LogP contribution in [0.3, 0.4) is 0 Å². The summed E-state index contributed by atoms with van der Waals surface area (Å²) in [5.41, 5.74) is 4.05. The molecule has 0 bridgehead atoms. The van der Waals surface area contributed by atoms with Crippen LogP contribution in [0, 0.1) is 5.82 Å². The van der Waals surface area contributed by atoms with Crippen molar-refractivity contribution in [3.63, 3.8) is 0 Å². The molecule has 1 aliphatic heterocycles. The zero-order chi connectivity index (χ0) is 26.6. The van der Waals surface area contributed by atoms with Gasteiger partial charge >= 0.3 is 0 Å². The lowest BCUT2D eigenvalue weighted by Crippen LogP contribution is -2.37. The van der Waals surface area contributed by atoms with Gasteiger partial charge in [-0.25, -0.2) is 14.4 Å². The number of furan rings is 1. The normalized spacial score (nSPS) is 14.5. The van der Waals surface area contributed by atoms with Gasteiger partial charge in [-0.05, 0) is 54.1 Å². The third-order valence-electron chi connectivity index (χ3n) is 6.52. The van der Waals surface area contributed by atoms with Gasteiger partial charge in [0.2, 0.25) is 0 Å². The summed E-state index contributed by atoms with van der Waals surface area (Å²) in [5, 5.41) is 4.16. The Hall–Kier alpha value is -4.15. The van der Waals surface area contributed by atoms with E-state index in [2.05, 4.69) is 25.2 Å². The van der Waals surface area contributed by atoms with Crippen molar-refractivity contribution in [1.29, 1.82) is 0 Å². The number of aromatic nitrogens is 3. The summed E-state index contributed by atoms with van der Waals surface area (Å²) in [6, 6.07) is 17.8. The zero-order valence-corrected chi connectivity index (χ0v) is 21.9. The monoisotopic (exact) mass is 543 g/mol. The van der Waals surface area contributed by atoms with Crippen LogP contribution in [0.1, 0.15) is 11.1 Å². The van der Waals surface area contributed by atoms with Crippen LogP contribution in [0.4, 0.5) is 15.9 Å². The van der Waals surface area contributed by atoms with E-state index in [1.807, 2.05) is 42.5 Å². The fourth-order valence-corrected chi connectivity index (χ4v) is 5.57. The van der Waals surface area contributed by atoms with E-state index >= 15 is 0 Å². The topological polar surface area (TPSA) is 93.4 Å². The lowest BCUT2D eigenvalue weighted by Gasteiger charge is -2.25. The molecular weight excluding hydrogens is 517 g/mol. The second-order valence-electron chi connectivity index (χ2n) is 9.32. The Bertz CT molecular complexity index is 1620. The first-order valence-corrected chi connectivity index (χ1v) is 14.1. The Kier molecular flexibility index (Phi) is 7.29. The number of hydrogen-bond donors (Lipinski definition) is 1. The number of benzene rings is 2. The SMILES string of the molecule is O=S1CCN(Cc2coc(-c3cc4c(Nc5ccc(OCc6cccc(F)c6)cc5)ncnc4cn3)c2)CC1. The van der Waals surface area contributed by atoms with Gasteiger partial charge < -0.3 is 14.5 Å². The molecule has 1 fully saturated rings. The molecule has 0 aliphatic carbocycles. The smallest absolute Gasteiger partial charge is 0.152 e. The molecule has 198 valence electrons. The van der Waals surface area contributed by atoms with E-state index in [1.165, 1.54) is 18.5 Å². The van der Waals surface area contributed by atoms with Crippen molar-refractivity contribution >= 4 is 33.2 Å². The van der Waals surface area contributed by atoms with Crippen molar-refractivity contribution in [1.82, 2.24) is 19.9 Å². The van der Waals surface area contributed by atoms with Crippen LogP contribution in [-0.2, 0) is 24.0 Å². The molecule has 2 aromatic carbocycles. The maximum Gasteiger partial charge on any atom is 0.152 e. The number of fused-ring (bicyclic) bond motifs is 1. The molecule has 1 aliphatic rings. The number of anilines is 2. The van der Waals surface area contributed by atoms with E-state index < -0.39 is 10.8 Å². The molecule has 8 nitrogen and oxygen atoms in total. The minimum Gasteiger partial charge on any atom is -0.489 e. The van der Waals surface area contributed by atoms with Crippen LogP contribution >= 0.6 is 0 Å². The molecule has 1 N–H and O–H groups in total. The van der Waals surface area contributed by atoms with E-state index in [-0.39, 0.29) is 12.4 Å². The zero-order valence-electron chi connectivity index (χ0n) is 21.0. The maximum absolute atomic E-state index is 13.4. The number of pyridine rings is 1. The van der Waals surface area contributed by atoms with E-state index in [4.69, 9.17) is 9.15 Å². The second-order valence-corrected chi connectivity index (χ2v) is 11.0. The van der Waals surface area contributed by atoms with Crippen molar-refractivity contribution < 1.29 is 17.8 Å². The number of nitrogens with zero attached hydrogens (tertiary/aromatic N) is 4. The van der Waals surface area contributed by atoms with Crippen LogP contribution in [0.5, 0.6) is 5.75 Å². The van der Waals surface area contributed by atoms with Crippen molar-refractivity contribution in [2.75, 3.05) is 29.9 Å². The number of hydrogen-bond acceptors (Lipinski definition) is 8. The molecule has 0 atom stereocenters. The Morgan fingerprint density at radius 1 is 1.00 bits per heavy atom. The summed E-state index contributed by atoms with van der Waals surface area (Å²) in [6.07, 6.45) is 4.97. The summed E-state index contributed by atoms with van der Waals surface area (Å²) < 4.78 is 36.7. The number of nitrogens with one attached hydrogen (secondary N) is 1. The van der Waals surface area contributed by atoms with Gasteiger partial charge in [0, 0.05) is 58.6 Å². The van der Waals surface area contributed by atoms with Gasteiger partial charge in [-0.3, -0.25) is 14.1 Å². The molecule has 0 unspecified atom stereocenters. The largest absolute Gasteiger partial charge is 0.489 e. The van der Waals surface area contributed by atoms with Gasteiger partial charge in [-0.1, -0.05) is 12.1 Å². The van der Waals surface area contributed by atoms with Crippen molar-refractivity contribution in [2.24, 2.45) is 0 Å². The Balaban J connectivity index is 1.15. The predicted octanol–water partition coefficient (Wildman–Crippen LogP) is 5.31. The fraction of sp³-hybridized carbons (Fsp3) is 0.207. The highest BCUT2D eigenvalue weighted by molar-refractivity contribution is 7.85. The van der Waals surface area contributed by atoms with Gasteiger partial charge in [0.25, 0.3) is 0 Å². The van der Waals surface area contributed by atoms with Crippen LogP contribution in [0.2, 0.25) is 0 Å². The number of rotatable bonds is 8. The first-order valence-electron chi connectivity index (χ1n) is 12.6. The molecule has 3 aromatic heterocycles. The standard InChI is InChI=1S/C29H26FN5O3S/c30-22-3-1-2-20(12-22)17-37-24-6-4-23(5-7-24)34-29-25-14-26(31-15-27(25)32-19-33-29)28-13-21(18-38-28)16-35-8-10-39(36)11-9-35/h1-7,12-15,18-19H,8-11,16-17H2,(H,32,33,34). The van der Waals surface area contributed by atoms with Crippen molar-refractivity contribution in [3.05, 3.63) is 96.4 Å². The summed E-state index contributed by atoms with van der Waals surface area (Å²) in [6.45, 7) is 2.69. The summed E-state index contributed by atoms with van der Waals surface area (Å²) in [4.78, 5) is 15.7. The molecule has 0 spiro atoms. The molecular formula is C29H26FN5O3S. The number of halogens is 1. The minimum atomic E-state index is -0.695. The molecule has 4 heterocycles. The first kappa shape index (κ1) is 25.1. The van der Waals surface area contributed by atoms with Crippen LogP contribution in [0.15, 0.2) is 83.9 Å². The predicted molar refractivity (Wildman–Crippen MR) is 149 cm³/mol. The summed E-state index contributed by atoms with van der Waals surface area (Å²) >= 11 is 0. The molecule has 6 rings (SSSR count). The van der Waals surface area contributed by atoms with Gasteiger partial charge in [-0.15, -0.1) is 0 Å². The maximum atomic E-state index is 13.4. The lowest BCUT2D eigenvalue weighted by atomic mass is 10.2. The van der Waals surface area contributed by atoms with Gasteiger partial charge in [0.05, 0.1) is 18.0 Å². The average molecular weight is 544 g/mol. The molecule has 0 radical (unpaired) electrons. The van der Waals surface area contributed by atoms with Gasteiger partial charge in [-0.2, -0.15) is 0 Å².